The Labute approximate surface area is 124 Å². The van der Waals surface area contributed by atoms with E-state index in [4.69, 9.17) is 9.84 Å². The van der Waals surface area contributed by atoms with Crippen molar-refractivity contribution in [1.29, 1.82) is 0 Å². The zero-order valence-corrected chi connectivity index (χ0v) is 12.8. The van der Waals surface area contributed by atoms with E-state index in [2.05, 4.69) is 4.98 Å². The first kappa shape index (κ1) is 15.5. The Morgan fingerprint density at radius 2 is 2.19 bits per heavy atom. The van der Waals surface area contributed by atoms with E-state index < -0.39 is 5.60 Å². The van der Waals surface area contributed by atoms with Crippen LogP contribution in [0.5, 0.6) is 0 Å². The van der Waals surface area contributed by atoms with E-state index in [0.717, 1.165) is 16.7 Å². The number of carbonyl (C=O) groups excluding carboxylic acids is 1. The number of hydrogen-bond donors (Lipinski definition) is 1. The van der Waals surface area contributed by atoms with Crippen molar-refractivity contribution in [1.82, 2.24) is 9.55 Å². The summed E-state index contributed by atoms with van der Waals surface area (Å²) in [7, 11) is 0. The molecular weight excluding hydrogens is 268 g/mol. The largest absolute Gasteiger partial charge is 0.459 e. The molecule has 0 fully saturated rings. The quantitative estimate of drug-likeness (QED) is 0.858. The molecule has 2 aromatic heterocycles. The Morgan fingerprint density at radius 1 is 1.43 bits per heavy atom. The number of hydrogen-bond acceptors (Lipinski definition) is 4. The fraction of sp³-hybridized carbons (Fsp3) is 0.500. The van der Waals surface area contributed by atoms with E-state index in [-0.39, 0.29) is 19.1 Å². The molecule has 0 amide bonds. The average Bonchev–Trinajstić information content (AvgIpc) is 2.72. The van der Waals surface area contributed by atoms with Crippen molar-refractivity contribution < 1.29 is 14.6 Å². The lowest BCUT2D eigenvalue weighted by molar-refractivity contribution is -0.155. The van der Waals surface area contributed by atoms with Gasteiger partial charge in [0, 0.05) is 18.5 Å². The van der Waals surface area contributed by atoms with Crippen LogP contribution in [0, 0.1) is 0 Å². The Morgan fingerprint density at radius 3 is 2.86 bits per heavy atom. The Balaban J connectivity index is 2.29. The number of aliphatic hydroxyl groups is 1. The van der Waals surface area contributed by atoms with Gasteiger partial charge in [-0.1, -0.05) is 0 Å². The molecule has 5 heteroatoms. The minimum Gasteiger partial charge on any atom is -0.459 e. The van der Waals surface area contributed by atoms with Gasteiger partial charge >= 0.3 is 5.97 Å². The fourth-order valence-corrected chi connectivity index (χ4v) is 2.30. The highest BCUT2D eigenvalue weighted by Gasteiger charge is 2.19. The molecule has 0 aliphatic rings. The lowest BCUT2D eigenvalue weighted by Crippen LogP contribution is -2.27. The molecule has 2 aromatic rings. The van der Waals surface area contributed by atoms with Crippen LogP contribution >= 0.6 is 0 Å². The van der Waals surface area contributed by atoms with Crippen LogP contribution < -0.4 is 0 Å². The maximum absolute atomic E-state index is 12.1. The van der Waals surface area contributed by atoms with E-state index in [9.17, 15) is 4.79 Å². The number of aromatic nitrogens is 2. The number of carbonyl (C=O) groups is 1. The van der Waals surface area contributed by atoms with E-state index >= 15 is 0 Å². The van der Waals surface area contributed by atoms with E-state index in [1.54, 1.807) is 6.20 Å². The molecule has 0 saturated carbocycles. The number of ether oxygens (including phenoxy) is 1. The molecule has 0 aliphatic heterocycles. The molecule has 0 atom stereocenters. The summed E-state index contributed by atoms with van der Waals surface area (Å²) in [6.07, 6.45) is 3.09. The molecule has 21 heavy (non-hydrogen) atoms. The third kappa shape index (κ3) is 4.04. The van der Waals surface area contributed by atoms with Gasteiger partial charge in [-0.15, -0.1) is 0 Å². The van der Waals surface area contributed by atoms with Crippen LogP contribution in [0.3, 0.4) is 0 Å². The Hall–Kier alpha value is -1.88. The van der Waals surface area contributed by atoms with Gasteiger partial charge in [0.15, 0.2) is 0 Å². The fourth-order valence-electron chi connectivity index (χ4n) is 2.30. The molecule has 0 aliphatic carbocycles. The summed E-state index contributed by atoms with van der Waals surface area (Å²) >= 11 is 0. The zero-order chi connectivity index (χ0) is 15.5. The van der Waals surface area contributed by atoms with Crippen molar-refractivity contribution in [3.05, 3.63) is 30.1 Å². The molecule has 0 unspecified atom stereocenters. The second-order valence-electron chi connectivity index (χ2n) is 6.04. The van der Waals surface area contributed by atoms with Crippen LogP contribution in [0.4, 0.5) is 0 Å². The third-order valence-corrected chi connectivity index (χ3v) is 3.06. The number of rotatable bonds is 5. The first-order valence-corrected chi connectivity index (χ1v) is 7.16. The molecule has 1 N–H and O–H groups in total. The molecule has 0 saturated heterocycles. The van der Waals surface area contributed by atoms with Gasteiger partial charge in [-0.25, -0.2) is 0 Å². The van der Waals surface area contributed by atoms with Gasteiger partial charge < -0.3 is 14.4 Å². The van der Waals surface area contributed by atoms with Crippen molar-refractivity contribution in [2.24, 2.45) is 0 Å². The van der Waals surface area contributed by atoms with E-state index in [1.165, 1.54) is 0 Å². The molecule has 0 aromatic carbocycles. The predicted molar refractivity (Wildman–Crippen MR) is 81.0 cm³/mol. The lowest BCUT2D eigenvalue weighted by Gasteiger charge is -2.20. The van der Waals surface area contributed by atoms with Crippen molar-refractivity contribution >= 4 is 17.0 Å². The molecule has 0 spiro atoms. The highest BCUT2D eigenvalue weighted by molar-refractivity contribution is 5.79. The average molecular weight is 290 g/mol. The standard InChI is InChI=1S/C16H22N2O3/c1-16(2,3)21-15(20)11-18-12(6-5-9-19)10-13-14(18)7-4-8-17-13/h4,7-8,10,19H,5-6,9,11H2,1-3H3. The number of aliphatic hydroxyl groups excluding tert-OH is 1. The molecule has 5 nitrogen and oxygen atoms in total. The summed E-state index contributed by atoms with van der Waals surface area (Å²) in [5.41, 5.74) is 2.26. The van der Waals surface area contributed by atoms with Crippen LogP contribution in [-0.2, 0) is 22.5 Å². The third-order valence-electron chi connectivity index (χ3n) is 3.06. The topological polar surface area (TPSA) is 64.3 Å². The van der Waals surface area contributed by atoms with Gasteiger partial charge in [0.05, 0.1) is 11.0 Å². The number of nitrogens with zero attached hydrogens (tertiary/aromatic N) is 2. The van der Waals surface area contributed by atoms with Crippen molar-refractivity contribution in [3.8, 4) is 0 Å². The smallest absolute Gasteiger partial charge is 0.326 e. The van der Waals surface area contributed by atoms with Crippen molar-refractivity contribution in [2.45, 2.75) is 45.8 Å². The maximum Gasteiger partial charge on any atom is 0.326 e. The summed E-state index contributed by atoms with van der Waals surface area (Å²) in [5, 5.41) is 9.01. The number of fused-ring (bicyclic) bond motifs is 1. The van der Waals surface area contributed by atoms with Gasteiger partial charge in [-0.05, 0) is 51.8 Å². The van der Waals surface area contributed by atoms with Gasteiger partial charge in [0.2, 0.25) is 0 Å². The Kier molecular flexibility index (Phi) is 4.63. The minimum absolute atomic E-state index is 0.126. The van der Waals surface area contributed by atoms with Gasteiger partial charge in [-0.3, -0.25) is 9.78 Å². The predicted octanol–water partition coefficient (Wildman–Crippen LogP) is 2.30. The first-order chi connectivity index (χ1) is 9.90. The molecular formula is C16H22N2O3. The van der Waals surface area contributed by atoms with Crippen molar-refractivity contribution in [3.63, 3.8) is 0 Å². The molecule has 2 rings (SSSR count). The molecule has 2 heterocycles. The lowest BCUT2D eigenvalue weighted by atomic mass is 10.2. The number of esters is 1. The Bertz CT molecular complexity index is 626. The SMILES string of the molecule is CC(C)(C)OC(=O)Cn1c(CCCO)cc2ncccc21. The van der Waals surface area contributed by atoms with Gasteiger partial charge in [-0.2, -0.15) is 0 Å². The van der Waals surface area contributed by atoms with Crippen molar-refractivity contribution in [2.75, 3.05) is 6.61 Å². The summed E-state index contributed by atoms with van der Waals surface area (Å²) in [5.74, 6) is -0.269. The highest BCUT2D eigenvalue weighted by Crippen LogP contribution is 2.20. The van der Waals surface area contributed by atoms with E-state index in [0.29, 0.717) is 12.8 Å². The minimum atomic E-state index is -0.496. The summed E-state index contributed by atoms with van der Waals surface area (Å²) in [6.45, 7) is 5.85. The van der Waals surface area contributed by atoms with Crippen LogP contribution in [0.2, 0.25) is 0 Å². The van der Waals surface area contributed by atoms with Crippen LogP contribution in [0.1, 0.15) is 32.9 Å². The second-order valence-corrected chi connectivity index (χ2v) is 6.04. The van der Waals surface area contributed by atoms with Gasteiger partial charge in [0.25, 0.3) is 0 Å². The summed E-state index contributed by atoms with van der Waals surface area (Å²) in [6, 6.07) is 5.76. The molecule has 0 radical (unpaired) electrons. The molecule has 0 bridgehead atoms. The summed E-state index contributed by atoms with van der Waals surface area (Å²) in [4.78, 5) is 16.4. The highest BCUT2D eigenvalue weighted by atomic mass is 16.6. The monoisotopic (exact) mass is 290 g/mol. The van der Waals surface area contributed by atoms with Crippen LogP contribution in [0.25, 0.3) is 11.0 Å². The number of pyridine rings is 1. The summed E-state index contributed by atoms with van der Waals surface area (Å²) < 4.78 is 7.31. The zero-order valence-electron chi connectivity index (χ0n) is 12.8. The normalized spacial score (nSPS) is 11.8. The second kappa shape index (κ2) is 6.26. The van der Waals surface area contributed by atoms with Crippen LogP contribution in [0.15, 0.2) is 24.4 Å². The van der Waals surface area contributed by atoms with Crippen LogP contribution in [-0.4, -0.2) is 32.8 Å². The molecule has 114 valence electrons. The maximum atomic E-state index is 12.1. The van der Waals surface area contributed by atoms with E-state index in [1.807, 2.05) is 43.5 Å². The van der Waals surface area contributed by atoms with Gasteiger partial charge in [0.1, 0.15) is 12.1 Å². The number of aryl methyl sites for hydroxylation is 1. The first-order valence-electron chi connectivity index (χ1n) is 7.16.